The number of hydrogen-bond donors (Lipinski definition) is 0. The molecule has 2 rings (SSSR count). The molecule has 0 bridgehead atoms. The average molecular weight is 435 g/mol. The van der Waals surface area contributed by atoms with E-state index in [4.69, 9.17) is 21.1 Å². The molecule has 0 N–H and O–H groups in total. The molecule has 0 heterocycles. The molecule has 0 aromatic heterocycles. The lowest BCUT2D eigenvalue weighted by atomic mass is 10.0. The van der Waals surface area contributed by atoms with Crippen molar-refractivity contribution in [3.05, 3.63) is 56.0 Å². The van der Waals surface area contributed by atoms with E-state index in [0.717, 1.165) is 20.1 Å². The zero-order valence-corrected chi connectivity index (χ0v) is 15.8. The molecule has 0 amide bonds. The van der Waals surface area contributed by atoms with Gasteiger partial charge in [-0.05, 0) is 52.2 Å². The van der Waals surface area contributed by atoms with Crippen LogP contribution < -0.4 is 9.47 Å². The minimum absolute atomic E-state index is 0.306. The van der Waals surface area contributed by atoms with Crippen molar-refractivity contribution in [3.63, 3.8) is 0 Å². The second-order valence-electron chi connectivity index (χ2n) is 4.58. The van der Waals surface area contributed by atoms with E-state index in [1.54, 1.807) is 14.2 Å². The van der Waals surface area contributed by atoms with Gasteiger partial charge >= 0.3 is 0 Å². The van der Waals surface area contributed by atoms with E-state index in [9.17, 15) is 0 Å². The summed E-state index contributed by atoms with van der Waals surface area (Å²) in [7, 11) is 3.24. The van der Waals surface area contributed by atoms with E-state index >= 15 is 0 Å². The highest BCUT2D eigenvalue weighted by Gasteiger charge is 2.20. The highest BCUT2D eigenvalue weighted by atomic mass is 79.9. The summed E-state index contributed by atoms with van der Waals surface area (Å²) in [4.78, 5) is 0. The molecule has 1 unspecified atom stereocenters. The van der Waals surface area contributed by atoms with E-state index < -0.39 is 0 Å². The molecule has 0 aliphatic rings. The third-order valence-electron chi connectivity index (χ3n) is 3.28. The Kier molecular flexibility index (Phi) is 5.58. The van der Waals surface area contributed by atoms with Crippen molar-refractivity contribution in [2.24, 2.45) is 0 Å². The van der Waals surface area contributed by atoms with Gasteiger partial charge in [0.15, 0.2) is 0 Å². The zero-order valence-electron chi connectivity index (χ0n) is 11.9. The third kappa shape index (κ3) is 3.38. The van der Waals surface area contributed by atoms with Gasteiger partial charge in [-0.2, -0.15) is 0 Å². The summed E-state index contributed by atoms with van der Waals surface area (Å²) >= 11 is 13.7. The number of benzene rings is 2. The van der Waals surface area contributed by atoms with Crippen LogP contribution in [0.4, 0.5) is 0 Å². The Morgan fingerprint density at radius 1 is 1.05 bits per heavy atom. The smallest absolute Gasteiger partial charge is 0.141 e. The first-order valence-corrected chi connectivity index (χ1v) is 8.32. The van der Waals surface area contributed by atoms with Crippen LogP contribution in [0, 0.1) is 6.92 Å². The van der Waals surface area contributed by atoms with Crippen molar-refractivity contribution in [2.45, 2.75) is 12.3 Å². The van der Waals surface area contributed by atoms with Gasteiger partial charge in [-0.25, -0.2) is 0 Å². The summed E-state index contributed by atoms with van der Waals surface area (Å²) in [5.74, 6) is 1.40. The van der Waals surface area contributed by atoms with Crippen molar-refractivity contribution < 1.29 is 9.47 Å². The summed E-state index contributed by atoms with van der Waals surface area (Å²) in [6.45, 7) is 2.04. The average Bonchev–Trinajstić information content (AvgIpc) is 2.49. The fourth-order valence-electron chi connectivity index (χ4n) is 2.06. The minimum Gasteiger partial charge on any atom is -0.495 e. The zero-order chi connectivity index (χ0) is 15.6. The molecule has 0 aliphatic carbocycles. The highest BCUT2D eigenvalue weighted by Crippen LogP contribution is 2.43. The van der Waals surface area contributed by atoms with Gasteiger partial charge in [0.25, 0.3) is 0 Å². The first kappa shape index (κ1) is 16.7. The number of methoxy groups -OCH3 is 2. The quantitative estimate of drug-likeness (QED) is 0.561. The first-order chi connectivity index (χ1) is 9.99. The largest absolute Gasteiger partial charge is 0.495 e. The number of aryl methyl sites for hydroxylation is 1. The molecule has 0 fully saturated rings. The Bertz CT molecular complexity index is 659. The lowest BCUT2D eigenvalue weighted by Gasteiger charge is -2.18. The normalized spacial score (nSPS) is 12.1. The van der Waals surface area contributed by atoms with Crippen molar-refractivity contribution in [2.75, 3.05) is 14.2 Å². The summed E-state index contributed by atoms with van der Waals surface area (Å²) < 4.78 is 12.6. The van der Waals surface area contributed by atoms with Crippen molar-refractivity contribution in [1.82, 2.24) is 0 Å². The standard InChI is InChI=1S/C16H15Br2ClO2/c1-9-4-5-10(8-12(9)17)15(19)11-6-7-13(20-2)14(18)16(11)21-3/h4-8,15H,1-3H3. The molecule has 2 aromatic rings. The Labute approximate surface area is 146 Å². The Hall–Kier alpha value is -0.710. The fraction of sp³-hybridized carbons (Fsp3) is 0.250. The molecule has 21 heavy (non-hydrogen) atoms. The van der Waals surface area contributed by atoms with Crippen LogP contribution in [0.5, 0.6) is 11.5 Å². The topological polar surface area (TPSA) is 18.5 Å². The van der Waals surface area contributed by atoms with Gasteiger partial charge in [0.05, 0.1) is 19.6 Å². The van der Waals surface area contributed by atoms with E-state index in [1.165, 1.54) is 5.56 Å². The van der Waals surface area contributed by atoms with E-state index in [-0.39, 0.29) is 5.38 Å². The Balaban J connectivity index is 2.50. The van der Waals surface area contributed by atoms with Crippen LogP contribution in [0.15, 0.2) is 39.3 Å². The van der Waals surface area contributed by atoms with Crippen LogP contribution in [0.25, 0.3) is 0 Å². The van der Waals surface area contributed by atoms with Gasteiger partial charge in [0, 0.05) is 10.0 Å². The van der Waals surface area contributed by atoms with Gasteiger partial charge in [-0.1, -0.05) is 28.1 Å². The predicted molar refractivity (Wildman–Crippen MR) is 93.8 cm³/mol. The van der Waals surface area contributed by atoms with Gasteiger partial charge in [-0.15, -0.1) is 11.6 Å². The van der Waals surface area contributed by atoms with Crippen LogP contribution in [0.2, 0.25) is 0 Å². The minimum atomic E-state index is -0.306. The molecular weight excluding hydrogens is 419 g/mol. The molecule has 2 aromatic carbocycles. The van der Waals surface area contributed by atoms with E-state index in [2.05, 4.69) is 31.9 Å². The van der Waals surface area contributed by atoms with Gasteiger partial charge < -0.3 is 9.47 Å². The molecule has 112 valence electrons. The Morgan fingerprint density at radius 2 is 1.76 bits per heavy atom. The van der Waals surface area contributed by atoms with Crippen LogP contribution >= 0.6 is 43.5 Å². The highest BCUT2D eigenvalue weighted by molar-refractivity contribution is 9.11. The van der Waals surface area contributed by atoms with Crippen LogP contribution in [0.1, 0.15) is 22.1 Å². The second-order valence-corrected chi connectivity index (χ2v) is 6.66. The summed E-state index contributed by atoms with van der Waals surface area (Å²) in [5, 5.41) is -0.306. The summed E-state index contributed by atoms with van der Waals surface area (Å²) in [6.07, 6.45) is 0. The van der Waals surface area contributed by atoms with E-state index in [0.29, 0.717) is 11.5 Å². The fourth-order valence-corrected chi connectivity index (χ4v) is 3.45. The Morgan fingerprint density at radius 3 is 2.33 bits per heavy atom. The lowest BCUT2D eigenvalue weighted by molar-refractivity contribution is 0.386. The maximum atomic E-state index is 6.64. The number of alkyl halides is 1. The van der Waals surface area contributed by atoms with Crippen LogP contribution in [0.3, 0.4) is 0 Å². The molecular formula is C16H15Br2ClO2. The maximum absolute atomic E-state index is 6.64. The van der Waals surface area contributed by atoms with Crippen molar-refractivity contribution >= 4 is 43.5 Å². The van der Waals surface area contributed by atoms with Crippen molar-refractivity contribution in [3.8, 4) is 11.5 Å². The third-order valence-corrected chi connectivity index (χ3v) is 5.37. The molecule has 1 atom stereocenters. The van der Waals surface area contributed by atoms with Gasteiger partial charge in [0.1, 0.15) is 16.0 Å². The number of ether oxygens (including phenoxy) is 2. The summed E-state index contributed by atoms with van der Waals surface area (Å²) in [6, 6.07) is 9.90. The molecule has 0 radical (unpaired) electrons. The lowest BCUT2D eigenvalue weighted by Crippen LogP contribution is -2.00. The summed E-state index contributed by atoms with van der Waals surface area (Å²) in [5.41, 5.74) is 3.07. The first-order valence-electron chi connectivity index (χ1n) is 6.30. The van der Waals surface area contributed by atoms with Crippen LogP contribution in [-0.2, 0) is 0 Å². The van der Waals surface area contributed by atoms with Crippen molar-refractivity contribution in [1.29, 1.82) is 0 Å². The SMILES string of the molecule is COc1ccc(C(Cl)c2ccc(C)c(Br)c2)c(OC)c1Br. The van der Waals surface area contributed by atoms with E-state index in [1.807, 2.05) is 37.3 Å². The predicted octanol–water partition coefficient (Wildman–Crippen LogP) is 5.87. The maximum Gasteiger partial charge on any atom is 0.141 e. The van der Waals surface area contributed by atoms with Gasteiger partial charge in [-0.3, -0.25) is 0 Å². The number of halogens is 3. The molecule has 0 saturated heterocycles. The molecule has 0 saturated carbocycles. The molecule has 0 aliphatic heterocycles. The molecule has 2 nitrogen and oxygen atoms in total. The number of rotatable bonds is 4. The van der Waals surface area contributed by atoms with Gasteiger partial charge in [0.2, 0.25) is 0 Å². The molecule has 0 spiro atoms. The van der Waals surface area contributed by atoms with Crippen LogP contribution in [-0.4, -0.2) is 14.2 Å². The number of hydrogen-bond acceptors (Lipinski definition) is 2. The monoisotopic (exact) mass is 432 g/mol. The second kappa shape index (κ2) is 7.03. The molecule has 5 heteroatoms.